The molecular formula is C12H16O. The molecule has 1 heteroatoms. The van der Waals surface area contributed by atoms with Crippen LogP contribution in [0.5, 0.6) is 0 Å². The molecule has 0 aromatic rings. The van der Waals surface area contributed by atoms with Crippen LogP contribution in [0.15, 0.2) is 12.2 Å². The topological polar surface area (TPSA) is 17.1 Å². The highest BCUT2D eigenvalue weighted by molar-refractivity contribution is 5.90. The molecule has 2 fully saturated rings. The van der Waals surface area contributed by atoms with Gasteiger partial charge in [0.05, 0.1) is 0 Å². The molecule has 0 heterocycles. The first-order chi connectivity index (χ1) is 6.33. The second-order valence-electron chi connectivity index (χ2n) is 4.92. The second-order valence-corrected chi connectivity index (χ2v) is 4.92. The number of hydrogen-bond acceptors (Lipinski definition) is 1. The maximum absolute atomic E-state index is 12.2. The molecule has 0 aromatic heterocycles. The molecular weight excluding hydrogens is 160 g/mol. The molecule has 3 aliphatic rings. The molecule has 13 heavy (non-hydrogen) atoms. The molecule has 0 radical (unpaired) electrons. The normalized spacial score (nSPS) is 47.8. The number of allylic oxidation sites excluding steroid dienone is 2. The number of fused-ring (bicyclic) bond motifs is 1. The Morgan fingerprint density at radius 1 is 1.31 bits per heavy atom. The highest BCUT2D eigenvalue weighted by Crippen LogP contribution is 2.56. The number of hydrogen-bond donors (Lipinski definition) is 0. The third-order valence-corrected chi connectivity index (χ3v) is 4.44. The van der Waals surface area contributed by atoms with E-state index in [4.69, 9.17) is 0 Å². The van der Waals surface area contributed by atoms with E-state index >= 15 is 0 Å². The molecule has 2 bridgehead atoms. The van der Waals surface area contributed by atoms with Crippen LogP contribution in [0.1, 0.15) is 38.5 Å². The lowest BCUT2D eigenvalue weighted by molar-refractivity contribution is -0.129. The zero-order valence-corrected chi connectivity index (χ0v) is 7.96. The van der Waals surface area contributed by atoms with Crippen LogP contribution in [0.4, 0.5) is 0 Å². The monoisotopic (exact) mass is 176 g/mol. The Labute approximate surface area is 79.2 Å². The number of Topliss-reactive ketones (excluding diaryl/α,β-unsaturated/α-hetero) is 1. The summed E-state index contributed by atoms with van der Waals surface area (Å²) in [6, 6.07) is 0. The van der Waals surface area contributed by atoms with Gasteiger partial charge in [0.15, 0.2) is 0 Å². The van der Waals surface area contributed by atoms with Gasteiger partial charge >= 0.3 is 0 Å². The first-order valence-corrected chi connectivity index (χ1v) is 5.54. The average Bonchev–Trinajstić information content (AvgIpc) is 2.59. The second kappa shape index (κ2) is 2.46. The maximum Gasteiger partial charge on any atom is 0.142 e. The third kappa shape index (κ3) is 0.853. The molecule has 70 valence electrons. The van der Waals surface area contributed by atoms with E-state index in [-0.39, 0.29) is 5.41 Å². The third-order valence-electron chi connectivity index (χ3n) is 4.44. The van der Waals surface area contributed by atoms with Crippen LogP contribution in [0.25, 0.3) is 0 Å². The quantitative estimate of drug-likeness (QED) is 0.519. The smallest absolute Gasteiger partial charge is 0.142 e. The van der Waals surface area contributed by atoms with E-state index in [9.17, 15) is 4.79 Å². The van der Waals surface area contributed by atoms with Crippen molar-refractivity contribution in [3.05, 3.63) is 12.2 Å². The molecule has 2 saturated carbocycles. The summed E-state index contributed by atoms with van der Waals surface area (Å²) in [6.07, 6.45) is 11.7. The average molecular weight is 176 g/mol. The van der Waals surface area contributed by atoms with Crippen LogP contribution in [-0.2, 0) is 4.79 Å². The molecule has 3 atom stereocenters. The lowest BCUT2D eigenvalue weighted by atomic mass is 9.75. The van der Waals surface area contributed by atoms with Gasteiger partial charge < -0.3 is 0 Å². The molecule has 0 aliphatic heterocycles. The minimum Gasteiger partial charge on any atom is -0.299 e. The fraction of sp³-hybridized carbons (Fsp3) is 0.750. The van der Waals surface area contributed by atoms with Crippen molar-refractivity contribution in [3.8, 4) is 0 Å². The summed E-state index contributed by atoms with van der Waals surface area (Å²) in [7, 11) is 0. The highest BCUT2D eigenvalue weighted by atomic mass is 16.1. The van der Waals surface area contributed by atoms with Gasteiger partial charge in [0.1, 0.15) is 5.78 Å². The van der Waals surface area contributed by atoms with E-state index in [1.807, 2.05) is 0 Å². The SMILES string of the molecule is O=C1[C@@H]2CC=C[C@H]3CCC[C@]13CC2. The standard InChI is InChI=1S/C12H16O/c13-11-9-3-1-4-10-5-2-7-12(10,11)8-6-9/h1,4,9-10H,2-3,5-8H2/t9-,10+,12-/m1/s1. The number of ketones is 1. The Morgan fingerprint density at radius 3 is 3.15 bits per heavy atom. The summed E-state index contributed by atoms with van der Waals surface area (Å²) in [5, 5.41) is 0. The van der Waals surface area contributed by atoms with Crippen molar-refractivity contribution in [2.45, 2.75) is 38.5 Å². The van der Waals surface area contributed by atoms with E-state index in [1.165, 1.54) is 32.1 Å². The molecule has 0 aromatic carbocycles. The van der Waals surface area contributed by atoms with Crippen molar-refractivity contribution >= 4 is 5.78 Å². The van der Waals surface area contributed by atoms with Crippen LogP contribution in [0.2, 0.25) is 0 Å². The lowest BCUT2D eigenvalue weighted by Gasteiger charge is -2.26. The van der Waals surface area contributed by atoms with Gasteiger partial charge in [-0.15, -0.1) is 0 Å². The molecule has 1 nitrogen and oxygen atoms in total. The van der Waals surface area contributed by atoms with E-state index < -0.39 is 0 Å². The van der Waals surface area contributed by atoms with Crippen molar-refractivity contribution in [1.29, 1.82) is 0 Å². The van der Waals surface area contributed by atoms with Crippen LogP contribution >= 0.6 is 0 Å². The summed E-state index contributed by atoms with van der Waals surface area (Å²) >= 11 is 0. The Bertz CT molecular complexity index is 279. The largest absolute Gasteiger partial charge is 0.299 e. The predicted octanol–water partition coefficient (Wildman–Crippen LogP) is 2.71. The van der Waals surface area contributed by atoms with Crippen LogP contribution in [-0.4, -0.2) is 5.78 Å². The van der Waals surface area contributed by atoms with Gasteiger partial charge in [-0.1, -0.05) is 18.6 Å². The van der Waals surface area contributed by atoms with Crippen molar-refractivity contribution in [3.63, 3.8) is 0 Å². The molecule has 0 N–H and O–H groups in total. The Morgan fingerprint density at radius 2 is 2.23 bits per heavy atom. The van der Waals surface area contributed by atoms with Gasteiger partial charge in [-0.3, -0.25) is 4.79 Å². The van der Waals surface area contributed by atoms with Gasteiger partial charge in [0.25, 0.3) is 0 Å². The Hall–Kier alpha value is -0.590. The van der Waals surface area contributed by atoms with Crippen molar-refractivity contribution in [2.24, 2.45) is 17.3 Å². The molecule has 1 spiro atoms. The highest BCUT2D eigenvalue weighted by Gasteiger charge is 2.54. The fourth-order valence-electron chi connectivity index (χ4n) is 3.72. The minimum atomic E-state index is 0.123. The summed E-state index contributed by atoms with van der Waals surface area (Å²) in [5.74, 6) is 1.60. The molecule has 0 unspecified atom stereocenters. The number of carbonyl (C=O) groups excluding carboxylic acids is 1. The minimum absolute atomic E-state index is 0.123. The zero-order chi connectivity index (χ0) is 8.89. The molecule has 0 saturated heterocycles. The lowest BCUT2D eigenvalue weighted by Crippen LogP contribution is -2.30. The van der Waals surface area contributed by atoms with E-state index in [0.717, 1.165) is 6.42 Å². The number of carbonyl (C=O) groups is 1. The van der Waals surface area contributed by atoms with Gasteiger partial charge in [-0.2, -0.15) is 0 Å². The Kier molecular flexibility index (Phi) is 1.47. The summed E-state index contributed by atoms with van der Waals surface area (Å²) in [4.78, 5) is 12.2. The summed E-state index contributed by atoms with van der Waals surface area (Å²) in [6.45, 7) is 0. The first-order valence-electron chi connectivity index (χ1n) is 5.54. The van der Waals surface area contributed by atoms with E-state index in [1.54, 1.807) is 0 Å². The fourth-order valence-corrected chi connectivity index (χ4v) is 3.72. The number of rotatable bonds is 0. The van der Waals surface area contributed by atoms with Crippen LogP contribution < -0.4 is 0 Å². The molecule has 3 aliphatic carbocycles. The Balaban J connectivity index is 2.08. The van der Waals surface area contributed by atoms with Crippen LogP contribution in [0.3, 0.4) is 0 Å². The maximum atomic E-state index is 12.2. The molecule has 3 rings (SSSR count). The first kappa shape index (κ1) is 7.78. The van der Waals surface area contributed by atoms with E-state index in [0.29, 0.717) is 17.6 Å². The van der Waals surface area contributed by atoms with Gasteiger partial charge in [0, 0.05) is 11.3 Å². The van der Waals surface area contributed by atoms with Crippen molar-refractivity contribution < 1.29 is 4.79 Å². The zero-order valence-electron chi connectivity index (χ0n) is 7.96. The van der Waals surface area contributed by atoms with Crippen molar-refractivity contribution in [2.75, 3.05) is 0 Å². The van der Waals surface area contributed by atoms with Gasteiger partial charge in [0.2, 0.25) is 0 Å². The summed E-state index contributed by atoms with van der Waals surface area (Å²) < 4.78 is 0. The molecule has 0 amide bonds. The summed E-state index contributed by atoms with van der Waals surface area (Å²) in [5.41, 5.74) is 0.123. The van der Waals surface area contributed by atoms with E-state index in [2.05, 4.69) is 12.2 Å². The van der Waals surface area contributed by atoms with Crippen LogP contribution in [0, 0.1) is 17.3 Å². The van der Waals surface area contributed by atoms with Gasteiger partial charge in [-0.25, -0.2) is 0 Å². The van der Waals surface area contributed by atoms with Crippen molar-refractivity contribution in [1.82, 2.24) is 0 Å². The van der Waals surface area contributed by atoms with Gasteiger partial charge in [-0.05, 0) is 38.0 Å². The predicted molar refractivity (Wildman–Crippen MR) is 51.3 cm³/mol.